The fourth-order valence-electron chi connectivity index (χ4n) is 1.80. The molecule has 0 aliphatic carbocycles. The van der Waals surface area contributed by atoms with Gasteiger partial charge in [0.1, 0.15) is 11.4 Å². The zero-order valence-electron chi connectivity index (χ0n) is 13.5. The molecule has 0 aromatic heterocycles. The average Bonchev–Trinajstić information content (AvgIpc) is 2.44. The van der Waals surface area contributed by atoms with E-state index < -0.39 is 11.7 Å². The second kappa shape index (κ2) is 7.32. The van der Waals surface area contributed by atoms with E-state index in [2.05, 4.69) is 21.2 Å². The molecule has 7 heteroatoms. The summed E-state index contributed by atoms with van der Waals surface area (Å²) < 4.78 is 11.8. The number of anilines is 2. The molecular formula is C17H18BrClN2O3. The summed E-state index contributed by atoms with van der Waals surface area (Å²) in [4.78, 5) is 11.8. The van der Waals surface area contributed by atoms with Gasteiger partial charge in [-0.3, -0.25) is 5.32 Å². The Labute approximate surface area is 154 Å². The van der Waals surface area contributed by atoms with E-state index in [1.165, 1.54) is 0 Å². The number of carbonyl (C=O) groups excluding carboxylic acids is 1. The fourth-order valence-corrected chi connectivity index (χ4v) is 2.29. The third-order valence-corrected chi connectivity index (χ3v) is 3.58. The summed E-state index contributed by atoms with van der Waals surface area (Å²) in [6.07, 6.45) is -0.557. The second-order valence-corrected chi connectivity index (χ2v) is 7.38. The molecule has 0 heterocycles. The summed E-state index contributed by atoms with van der Waals surface area (Å²) in [6.45, 7) is 5.37. The lowest BCUT2D eigenvalue weighted by Gasteiger charge is -2.20. The van der Waals surface area contributed by atoms with Crippen LogP contribution in [0.25, 0.3) is 0 Å². The minimum Gasteiger partial charge on any atom is -0.454 e. The summed E-state index contributed by atoms with van der Waals surface area (Å²) in [6, 6.07) is 10.1. The molecule has 2 aromatic rings. The van der Waals surface area contributed by atoms with Gasteiger partial charge in [0, 0.05) is 16.2 Å². The van der Waals surface area contributed by atoms with Crippen molar-refractivity contribution in [2.45, 2.75) is 26.4 Å². The number of benzene rings is 2. The molecule has 0 spiro atoms. The van der Waals surface area contributed by atoms with Gasteiger partial charge in [0.2, 0.25) is 0 Å². The monoisotopic (exact) mass is 412 g/mol. The molecule has 1 amide bonds. The minimum absolute atomic E-state index is 0.378. The van der Waals surface area contributed by atoms with Gasteiger partial charge in [-0.1, -0.05) is 27.5 Å². The molecule has 2 aromatic carbocycles. The summed E-state index contributed by atoms with van der Waals surface area (Å²) in [7, 11) is 0. The van der Waals surface area contributed by atoms with Crippen LogP contribution in [-0.4, -0.2) is 11.7 Å². The first kappa shape index (κ1) is 18.4. The number of rotatable bonds is 3. The van der Waals surface area contributed by atoms with Gasteiger partial charge in [-0.25, -0.2) is 4.79 Å². The lowest BCUT2D eigenvalue weighted by molar-refractivity contribution is 0.0636. The Morgan fingerprint density at radius 2 is 1.88 bits per heavy atom. The van der Waals surface area contributed by atoms with Gasteiger partial charge in [-0.15, -0.1) is 0 Å². The van der Waals surface area contributed by atoms with E-state index in [1.54, 1.807) is 57.2 Å². The smallest absolute Gasteiger partial charge is 0.412 e. The van der Waals surface area contributed by atoms with Crippen LogP contribution in [-0.2, 0) is 4.74 Å². The van der Waals surface area contributed by atoms with Gasteiger partial charge in [-0.2, -0.15) is 0 Å². The Hall–Kier alpha value is -1.92. The minimum atomic E-state index is -0.582. The zero-order chi connectivity index (χ0) is 17.9. The van der Waals surface area contributed by atoms with E-state index in [9.17, 15) is 4.79 Å². The molecule has 0 radical (unpaired) electrons. The second-order valence-electron chi connectivity index (χ2n) is 6.06. The van der Waals surface area contributed by atoms with E-state index in [4.69, 9.17) is 26.8 Å². The molecule has 5 nitrogen and oxygen atoms in total. The van der Waals surface area contributed by atoms with Gasteiger partial charge < -0.3 is 15.2 Å². The highest BCUT2D eigenvalue weighted by molar-refractivity contribution is 9.10. The molecule has 24 heavy (non-hydrogen) atoms. The third-order valence-electron chi connectivity index (χ3n) is 2.77. The summed E-state index contributed by atoms with van der Waals surface area (Å²) >= 11 is 9.48. The van der Waals surface area contributed by atoms with Crippen molar-refractivity contribution in [3.8, 4) is 11.5 Å². The SMILES string of the molecule is CC(C)(C)OC(=O)Nc1ccc(N)c(Oc2cc(Br)ccc2Cl)c1. The maximum absolute atomic E-state index is 11.8. The van der Waals surface area contributed by atoms with Crippen LogP contribution < -0.4 is 15.8 Å². The highest BCUT2D eigenvalue weighted by Gasteiger charge is 2.17. The van der Waals surface area contributed by atoms with Crippen molar-refractivity contribution in [2.75, 3.05) is 11.1 Å². The van der Waals surface area contributed by atoms with E-state index in [0.717, 1.165) is 4.47 Å². The van der Waals surface area contributed by atoms with Crippen molar-refractivity contribution in [3.05, 3.63) is 45.9 Å². The number of hydrogen-bond acceptors (Lipinski definition) is 4. The van der Waals surface area contributed by atoms with Crippen molar-refractivity contribution in [2.24, 2.45) is 0 Å². The summed E-state index contributed by atoms with van der Waals surface area (Å²) in [5, 5.41) is 3.09. The lowest BCUT2D eigenvalue weighted by Crippen LogP contribution is -2.27. The number of carbonyl (C=O) groups is 1. The fraction of sp³-hybridized carbons (Fsp3) is 0.235. The molecule has 0 aliphatic heterocycles. The molecule has 0 unspecified atom stereocenters. The topological polar surface area (TPSA) is 73.6 Å². The van der Waals surface area contributed by atoms with E-state index >= 15 is 0 Å². The number of amides is 1. The molecule has 2 rings (SSSR count). The van der Waals surface area contributed by atoms with Gasteiger partial charge in [0.05, 0.1) is 10.7 Å². The Balaban J connectivity index is 2.19. The third kappa shape index (κ3) is 5.32. The normalized spacial score (nSPS) is 11.0. The number of nitrogens with one attached hydrogen (secondary N) is 1. The number of ether oxygens (including phenoxy) is 2. The maximum atomic E-state index is 11.8. The van der Waals surface area contributed by atoms with Crippen LogP contribution >= 0.6 is 27.5 Å². The molecule has 128 valence electrons. The molecule has 0 atom stereocenters. The number of nitrogens with two attached hydrogens (primary N) is 1. The van der Waals surface area contributed by atoms with Gasteiger partial charge in [0.25, 0.3) is 0 Å². The molecule has 0 saturated heterocycles. The molecule has 3 N–H and O–H groups in total. The largest absolute Gasteiger partial charge is 0.454 e. The predicted molar refractivity (Wildman–Crippen MR) is 99.9 cm³/mol. The first-order valence-corrected chi connectivity index (χ1v) is 8.33. The first-order chi connectivity index (χ1) is 11.1. The van der Waals surface area contributed by atoms with Crippen LogP contribution in [0.3, 0.4) is 0 Å². The van der Waals surface area contributed by atoms with Crippen molar-refractivity contribution in [3.63, 3.8) is 0 Å². The number of halogens is 2. The number of hydrogen-bond donors (Lipinski definition) is 2. The van der Waals surface area contributed by atoms with Crippen molar-refractivity contribution >= 4 is 45.0 Å². The van der Waals surface area contributed by atoms with Crippen molar-refractivity contribution in [1.82, 2.24) is 0 Å². The van der Waals surface area contributed by atoms with Gasteiger partial charge >= 0.3 is 6.09 Å². The maximum Gasteiger partial charge on any atom is 0.412 e. The molecular weight excluding hydrogens is 396 g/mol. The standard InChI is InChI=1S/C17H18BrClN2O3/c1-17(2,3)24-16(22)21-11-5-7-13(20)15(9-11)23-14-8-10(18)4-6-12(14)19/h4-9H,20H2,1-3H3,(H,21,22). The molecule has 0 bridgehead atoms. The van der Waals surface area contributed by atoms with Crippen molar-refractivity contribution in [1.29, 1.82) is 0 Å². The van der Waals surface area contributed by atoms with Crippen LogP contribution in [0.2, 0.25) is 5.02 Å². The lowest BCUT2D eigenvalue weighted by atomic mass is 10.2. The number of nitrogen functional groups attached to an aromatic ring is 1. The van der Waals surface area contributed by atoms with Crippen LogP contribution in [0.5, 0.6) is 11.5 Å². The summed E-state index contributed by atoms with van der Waals surface area (Å²) in [5.74, 6) is 0.829. The van der Waals surface area contributed by atoms with Crippen LogP contribution in [0.15, 0.2) is 40.9 Å². The van der Waals surface area contributed by atoms with E-state index in [1.807, 2.05) is 0 Å². The Bertz CT molecular complexity index is 760. The Morgan fingerprint density at radius 1 is 1.17 bits per heavy atom. The van der Waals surface area contributed by atoms with Crippen LogP contribution in [0, 0.1) is 0 Å². The van der Waals surface area contributed by atoms with E-state index in [0.29, 0.717) is 27.9 Å². The van der Waals surface area contributed by atoms with Crippen LogP contribution in [0.4, 0.5) is 16.2 Å². The first-order valence-electron chi connectivity index (χ1n) is 7.16. The highest BCUT2D eigenvalue weighted by atomic mass is 79.9. The molecule has 0 saturated carbocycles. The summed E-state index contributed by atoms with van der Waals surface area (Å²) in [5.41, 5.74) is 6.27. The average molecular weight is 414 g/mol. The highest BCUT2D eigenvalue weighted by Crippen LogP contribution is 2.35. The Morgan fingerprint density at radius 3 is 2.54 bits per heavy atom. The Kier molecular flexibility index (Phi) is 5.62. The molecule has 0 aliphatic rings. The van der Waals surface area contributed by atoms with Gasteiger partial charge in [0.15, 0.2) is 5.75 Å². The van der Waals surface area contributed by atoms with E-state index in [-0.39, 0.29) is 0 Å². The zero-order valence-corrected chi connectivity index (χ0v) is 15.9. The van der Waals surface area contributed by atoms with Gasteiger partial charge in [-0.05, 0) is 51.1 Å². The molecule has 0 fully saturated rings. The van der Waals surface area contributed by atoms with Crippen molar-refractivity contribution < 1.29 is 14.3 Å². The van der Waals surface area contributed by atoms with Crippen LogP contribution in [0.1, 0.15) is 20.8 Å². The quantitative estimate of drug-likeness (QED) is 0.621. The predicted octanol–water partition coefficient (Wildman–Crippen LogP) is 5.82.